The van der Waals surface area contributed by atoms with Crippen LogP contribution >= 0.6 is 0 Å². The molecule has 0 heterocycles. The Balaban J connectivity index is 3.12. The van der Waals surface area contributed by atoms with Crippen LogP contribution in [-0.4, -0.2) is 18.0 Å². The molecule has 2 nitrogen and oxygen atoms in total. The number of carbonyl (C=O) groups excluding carboxylic acids is 1. The molecule has 0 aromatic heterocycles. The number of carbonyl (C=O) groups is 1. The number of alkyl halides is 8. The summed E-state index contributed by atoms with van der Waals surface area (Å²) in [6.45, 7) is 1.14. The number of anilines is 1. The van der Waals surface area contributed by atoms with E-state index in [1.807, 2.05) is 0 Å². The molecule has 0 aliphatic rings. The highest BCUT2D eigenvalue weighted by molar-refractivity contribution is 5.97. The fraction of sp³-hybridized carbons (Fsp3) is 0.364. The lowest BCUT2D eigenvalue weighted by Crippen LogP contribution is -2.47. The number of hydrogen-bond donors (Lipinski definition) is 1. The van der Waals surface area contributed by atoms with Crippen LogP contribution in [-0.2, 0) is 11.0 Å². The molecule has 0 saturated carbocycles. The van der Waals surface area contributed by atoms with Gasteiger partial charge in [0.2, 0.25) is 0 Å². The Hall–Kier alpha value is -1.87. The first-order valence-electron chi connectivity index (χ1n) is 5.20. The molecular weight excluding hydrogens is 314 g/mol. The molecule has 0 aliphatic heterocycles. The first-order chi connectivity index (χ1) is 9.26. The molecule has 0 bridgehead atoms. The molecule has 0 unspecified atom stereocenters. The number of rotatable bonds is 2. The molecular formula is C11H7F8NO. The van der Waals surface area contributed by atoms with E-state index < -0.39 is 35.4 Å². The minimum Gasteiger partial charge on any atom is -0.320 e. The largest absolute Gasteiger partial charge is 0.463 e. The van der Waals surface area contributed by atoms with Crippen molar-refractivity contribution >= 4 is 11.6 Å². The highest BCUT2D eigenvalue weighted by atomic mass is 19.4. The van der Waals surface area contributed by atoms with Gasteiger partial charge in [0.15, 0.2) is 0 Å². The molecule has 1 aromatic carbocycles. The van der Waals surface area contributed by atoms with Crippen LogP contribution in [0, 0.1) is 6.92 Å². The second-order valence-electron chi connectivity index (χ2n) is 4.05. The molecule has 1 rings (SSSR count). The van der Waals surface area contributed by atoms with Crippen molar-refractivity contribution < 1.29 is 39.9 Å². The summed E-state index contributed by atoms with van der Waals surface area (Å²) >= 11 is 0. The van der Waals surface area contributed by atoms with E-state index in [-0.39, 0.29) is 11.6 Å². The summed E-state index contributed by atoms with van der Waals surface area (Å²) in [5, 5.41) is 1.16. The zero-order valence-corrected chi connectivity index (χ0v) is 10.2. The van der Waals surface area contributed by atoms with Gasteiger partial charge >= 0.3 is 24.2 Å². The van der Waals surface area contributed by atoms with E-state index in [4.69, 9.17) is 0 Å². The fourth-order valence-corrected chi connectivity index (χ4v) is 1.26. The lowest BCUT2D eigenvalue weighted by Gasteiger charge is -2.20. The normalized spacial score (nSPS) is 13.2. The summed E-state index contributed by atoms with van der Waals surface area (Å²) in [5.41, 5.74) is -2.17. The van der Waals surface area contributed by atoms with E-state index in [2.05, 4.69) is 0 Å². The van der Waals surface area contributed by atoms with Crippen LogP contribution in [0.2, 0.25) is 0 Å². The van der Waals surface area contributed by atoms with Crippen molar-refractivity contribution in [3.63, 3.8) is 0 Å². The summed E-state index contributed by atoms with van der Waals surface area (Å²) in [7, 11) is 0. The van der Waals surface area contributed by atoms with Crippen LogP contribution in [0.1, 0.15) is 11.1 Å². The van der Waals surface area contributed by atoms with Crippen LogP contribution in [0.4, 0.5) is 40.8 Å². The number of benzene rings is 1. The van der Waals surface area contributed by atoms with E-state index in [1.54, 1.807) is 0 Å². The second-order valence-corrected chi connectivity index (χ2v) is 4.05. The lowest BCUT2D eigenvalue weighted by molar-refractivity contribution is -0.267. The van der Waals surface area contributed by atoms with E-state index in [0.29, 0.717) is 6.07 Å². The Morgan fingerprint density at radius 3 is 1.95 bits per heavy atom. The number of amides is 1. The third-order valence-corrected chi connectivity index (χ3v) is 2.45. The Morgan fingerprint density at radius 1 is 1.00 bits per heavy atom. The fourth-order valence-electron chi connectivity index (χ4n) is 1.26. The van der Waals surface area contributed by atoms with Crippen LogP contribution in [0.5, 0.6) is 0 Å². The van der Waals surface area contributed by atoms with Crippen molar-refractivity contribution in [1.29, 1.82) is 0 Å². The minimum absolute atomic E-state index is 0.102. The molecule has 118 valence electrons. The summed E-state index contributed by atoms with van der Waals surface area (Å²) in [4.78, 5) is 10.9. The Labute approximate surface area is 112 Å². The highest BCUT2D eigenvalue weighted by Gasteiger charge is 2.63. The van der Waals surface area contributed by atoms with Crippen LogP contribution in [0.25, 0.3) is 0 Å². The molecule has 10 heteroatoms. The smallest absolute Gasteiger partial charge is 0.320 e. The average Bonchev–Trinajstić information content (AvgIpc) is 2.28. The van der Waals surface area contributed by atoms with Gasteiger partial charge in [-0.05, 0) is 24.6 Å². The Morgan fingerprint density at radius 2 is 1.52 bits per heavy atom. The highest BCUT2D eigenvalue weighted by Crippen LogP contribution is 2.37. The number of hydrogen-bond acceptors (Lipinski definition) is 1. The summed E-state index contributed by atoms with van der Waals surface area (Å²) in [6, 6.07) is 1.72. The van der Waals surface area contributed by atoms with Gasteiger partial charge in [-0.1, -0.05) is 6.07 Å². The van der Waals surface area contributed by atoms with Crippen molar-refractivity contribution in [2.24, 2.45) is 0 Å². The number of nitrogens with one attached hydrogen (secondary N) is 1. The van der Waals surface area contributed by atoms with Gasteiger partial charge in [-0.3, -0.25) is 4.79 Å². The molecule has 21 heavy (non-hydrogen) atoms. The van der Waals surface area contributed by atoms with Gasteiger partial charge in [0.1, 0.15) is 0 Å². The minimum atomic E-state index is -6.15. The SMILES string of the molecule is Cc1ccc(C(F)(F)F)cc1NC(=O)C(F)(F)C(F)(F)F. The van der Waals surface area contributed by atoms with Gasteiger partial charge in [0.25, 0.3) is 0 Å². The molecule has 0 fully saturated rings. The molecule has 0 radical (unpaired) electrons. The summed E-state index contributed by atoms with van der Waals surface area (Å²) < 4.78 is 98.6. The van der Waals surface area contributed by atoms with Crippen molar-refractivity contribution in [2.75, 3.05) is 5.32 Å². The molecule has 0 saturated heterocycles. The number of halogens is 8. The first kappa shape index (κ1) is 17.2. The van der Waals surface area contributed by atoms with Gasteiger partial charge < -0.3 is 5.32 Å². The van der Waals surface area contributed by atoms with Crippen LogP contribution in [0.15, 0.2) is 18.2 Å². The van der Waals surface area contributed by atoms with E-state index in [0.717, 1.165) is 18.3 Å². The van der Waals surface area contributed by atoms with Gasteiger partial charge in [0.05, 0.1) is 5.56 Å². The summed E-state index contributed by atoms with van der Waals surface area (Å²) in [5.74, 6) is -8.47. The second kappa shape index (κ2) is 5.15. The standard InChI is InChI=1S/C11H7F8NO/c1-5-2-3-6(10(14,15)16)4-7(5)20-8(21)9(12,13)11(17,18)19/h2-4H,1H3,(H,20,21). The maximum Gasteiger partial charge on any atom is 0.463 e. The summed E-state index contributed by atoms with van der Waals surface area (Å²) in [6.07, 6.45) is -11.0. The zero-order chi connectivity index (χ0) is 16.6. The van der Waals surface area contributed by atoms with Crippen molar-refractivity contribution in [3.05, 3.63) is 29.3 Å². The van der Waals surface area contributed by atoms with E-state index in [9.17, 15) is 39.9 Å². The molecule has 1 N–H and O–H groups in total. The lowest BCUT2D eigenvalue weighted by atomic mass is 10.1. The van der Waals surface area contributed by atoms with Crippen molar-refractivity contribution in [2.45, 2.75) is 25.2 Å². The first-order valence-corrected chi connectivity index (χ1v) is 5.20. The van der Waals surface area contributed by atoms with Crippen molar-refractivity contribution in [1.82, 2.24) is 0 Å². The third-order valence-electron chi connectivity index (χ3n) is 2.45. The molecule has 1 amide bonds. The zero-order valence-electron chi connectivity index (χ0n) is 10.2. The molecule has 0 aliphatic carbocycles. The maximum absolute atomic E-state index is 12.7. The van der Waals surface area contributed by atoms with Crippen LogP contribution in [0.3, 0.4) is 0 Å². The maximum atomic E-state index is 12.7. The molecule has 0 spiro atoms. The Kier molecular flexibility index (Phi) is 4.22. The Bertz CT molecular complexity index is 546. The van der Waals surface area contributed by atoms with Crippen molar-refractivity contribution in [3.8, 4) is 0 Å². The molecule has 0 atom stereocenters. The molecule has 1 aromatic rings. The van der Waals surface area contributed by atoms with Crippen LogP contribution < -0.4 is 5.32 Å². The van der Waals surface area contributed by atoms with Gasteiger partial charge in [0, 0.05) is 5.69 Å². The predicted molar refractivity (Wildman–Crippen MR) is 55.8 cm³/mol. The van der Waals surface area contributed by atoms with Gasteiger partial charge in [-0.15, -0.1) is 0 Å². The third kappa shape index (κ3) is 3.61. The van der Waals surface area contributed by atoms with Gasteiger partial charge in [-0.2, -0.15) is 35.1 Å². The average molecular weight is 321 g/mol. The monoisotopic (exact) mass is 321 g/mol. The number of aryl methyl sites for hydroxylation is 1. The quantitative estimate of drug-likeness (QED) is 0.815. The topological polar surface area (TPSA) is 29.1 Å². The van der Waals surface area contributed by atoms with E-state index >= 15 is 0 Å². The predicted octanol–water partition coefficient (Wildman–Crippen LogP) is 4.15. The van der Waals surface area contributed by atoms with E-state index in [1.165, 1.54) is 0 Å². The van der Waals surface area contributed by atoms with Gasteiger partial charge in [-0.25, -0.2) is 0 Å².